The number of carboxylic acid groups (broad SMARTS) is 1. The Bertz CT molecular complexity index is 792. The molecule has 10 nitrogen and oxygen atoms in total. The zero-order chi connectivity index (χ0) is 17.0. The summed E-state index contributed by atoms with van der Waals surface area (Å²) < 4.78 is 0. The maximum atomic E-state index is 11.9. The van der Waals surface area contributed by atoms with Crippen molar-refractivity contribution in [2.45, 2.75) is 24.9 Å². The van der Waals surface area contributed by atoms with E-state index in [1.165, 1.54) is 18.2 Å². The van der Waals surface area contributed by atoms with Gasteiger partial charge in [0.1, 0.15) is 5.97 Å². The first-order valence-corrected chi connectivity index (χ1v) is 6.47. The first kappa shape index (κ1) is 16.0. The van der Waals surface area contributed by atoms with Gasteiger partial charge in [0.25, 0.3) is 0 Å². The van der Waals surface area contributed by atoms with E-state index in [1.807, 2.05) is 0 Å². The smallest absolute Gasteiger partial charge is 0.185 e. The van der Waals surface area contributed by atoms with E-state index in [-0.39, 0.29) is 12.0 Å². The van der Waals surface area contributed by atoms with Crippen molar-refractivity contribution in [3.05, 3.63) is 55.8 Å². The number of ketones is 2. The number of benzene rings is 1. The molecule has 2 unspecified atom stereocenters. The normalized spacial score (nSPS) is 18.3. The highest BCUT2D eigenvalue weighted by molar-refractivity contribution is 6.36. The van der Waals surface area contributed by atoms with Crippen LogP contribution in [0.3, 0.4) is 0 Å². The highest BCUT2D eigenvalue weighted by atomic mass is 16.4. The van der Waals surface area contributed by atoms with Gasteiger partial charge in [0.2, 0.25) is 0 Å². The topological polar surface area (TPSA) is 172 Å². The van der Waals surface area contributed by atoms with Crippen molar-refractivity contribution in [1.82, 2.24) is 0 Å². The third-order valence-electron chi connectivity index (χ3n) is 3.50. The highest BCUT2D eigenvalue weighted by Gasteiger charge is 2.30. The summed E-state index contributed by atoms with van der Waals surface area (Å²) in [5.74, 6) is -3.92. The Kier molecular flexibility index (Phi) is 4.61. The first-order valence-electron chi connectivity index (χ1n) is 6.47. The molecule has 0 saturated carbocycles. The van der Waals surface area contributed by atoms with Gasteiger partial charge in [-0.3, -0.25) is 9.59 Å². The maximum absolute atomic E-state index is 11.9. The predicted octanol–water partition coefficient (Wildman–Crippen LogP) is 1.68. The molecule has 0 spiro atoms. The summed E-state index contributed by atoms with van der Waals surface area (Å²) >= 11 is 0. The number of rotatable bonds is 6. The van der Waals surface area contributed by atoms with E-state index in [0.717, 1.165) is 0 Å². The van der Waals surface area contributed by atoms with Crippen LogP contribution in [0, 0.1) is 0 Å². The first-order chi connectivity index (χ1) is 11.0. The van der Waals surface area contributed by atoms with E-state index in [0.29, 0.717) is 11.1 Å². The number of hydrogen-bond donors (Lipinski definition) is 0. The van der Waals surface area contributed by atoms with Gasteiger partial charge in [-0.2, -0.15) is 0 Å². The van der Waals surface area contributed by atoms with Gasteiger partial charge in [-0.05, 0) is 34.7 Å². The highest BCUT2D eigenvalue weighted by Crippen LogP contribution is 2.43. The summed E-state index contributed by atoms with van der Waals surface area (Å²) in [5.41, 5.74) is 18.4. The lowest BCUT2D eigenvalue weighted by molar-refractivity contribution is -0.299. The Hall–Kier alpha value is -3.35. The molecule has 0 N–H and O–H groups in total. The molecule has 0 heterocycles. The second-order valence-electron chi connectivity index (χ2n) is 4.83. The number of nitrogens with zero attached hydrogens (tertiary/aromatic N) is 6. The Morgan fingerprint density at radius 1 is 1.13 bits per heavy atom. The van der Waals surface area contributed by atoms with Crippen LogP contribution in [-0.4, -0.2) is 17.5 Å². The minimum Gasteiger partial charge on any atom is -0.542 e. The number of hydrogen-bond acceptors (Lipinski definition) is 6. The van der Waals surface area contributed by atoms with E-state index >= 15 is 0 Å². The number of carboxylic acids is 1. The minimum absolute atomic E-state index is 0.109. The van der Waals surface area contributed by atoms with Crippen LogP contribution < -0.4 is 5.11 Å². The Balaban J connectivity index is 2.37. The maximum Gasteiger partial charge on any atom is 0.185 e. The quantitative estimate of drug-likeness (QED) is 0.194. The lowest BCUT2D eigenvalue weighted by atomic mass is 9.99. The molecule has 23 heavy (non-hydrogen) atoms. The zero-order valence-electron chi connectivity index (χ0n) is 11.6. The molecule has 2 atom stereocenters. The predicted molar refractivity (Wildman–Crippen MR) is 73.8 cm³/mol. The lowest BCUT2D eigenvalue weighted by Crippen LogP contribution is -2.32. The van der Waals surface area contributed by atoms with Crippen LogP contribution in [0.25, 0.3) is 20.9 Å². The minimum atomic E-state index is -1.92. The van der Waals surface area contributed by atoms with Crippen molar-refractivity contribution < 1.29 is 19.5 Å². The Morgan fingerprint density at radius 3 is 2.30 bits per heavy atom. The summed E-state index contributed by atoms with van der Waals surface area (Å²) in [6.45, 7) is 0. The molecule has 1 aromatic rings. The van der Waals surface area contributed by atoms with E-state index in [2.05, 4.69) is 20.1 Å². The third kappa shape index (κ3) is 3.29. The van der Waals surface area contributed by atoms with Crippen molar-refractivity contribution in [2.24, 2.45) is 10.2 Å². The average Bonchev–Trinajstić information content (AvgIpc) is 2.85. The van der Waals surface area contributed by atoms with Gasteiger partial charge in [-0.1, -0.05) is 22.4 Å². The second kappa shape index (κ2) is 6.61. The number of carbonyl (C=O) groups is 3. The molecular formula is C13H9N6O4-. The summed E-state index contributed by atoms with van der Waals surface area (Å²) in [6.07, 6.45) is -0.536. The molecule has 116 valence electrons. The van der Waals surface area contributed by atoms with Crippen LogP contribution in [0.5, 0.6) is 0 Å². The van der Waals surface area contributed by atoms with Crippen molar-refractivity contribution in [3.8, 4) is 0 Å². The van der Waals surface area contributed by atoms with Crippen molar-refractivity contribution >= 4 is 17.5 Å². The van der Waals surface area contributed by atoms with Crippen molar-refractivity contribution in [2.75, 3.05) is 0 Å². The lowest BCUT2D eigenvalue weighted by Gasteiger charge is -2.08. The Morgan fingerprint density at radius 2 is 1.74 bits per heavy atom. The summed E-state index contributed by atoms with van der Waals surface area (Å²) in [4.78, 5) is 38.8. The van der Waals surface area contributed by atoms with Gasteiger partial charge in [0.05, 0.1) is 18.5 Å². The molecular weight excluding hydrogens is 304 g/mol. The number of Topliss-reactive ketones (excluding diaryl/α,β-unsaturated/α-hetero) is 2. The monoisotopic (exact) mass is 313 g/mol. The van der Waals surface area contributed by atoms with Crippen LogP contribution in [0.2, 0.25) is 0 Å². The van der Waals surface area contributed by atoms with Crippen LogP contribution in [0.1, 0.15) is 46.4 Å². The number of carbonyl (C=O) groups excluding carboxylic acids is 3. The molecule has 0 aromatic heterocycles. The van der Waals surface area contributed by atoms with E-state index < -0.39 is 36.0 Å². The summed E-state index contributed by atoms with van der Waals surface area (Å²) in [5, 5.41) is 17.6. The van der Waals surface area contributed by atoms with Crippen LogP contribution in [0.15, 0.2) is 28.4 Å². The van der Waals surface area contributed by atoms with Crippen LogP contribution in [-0.2, 0) is 9.59 Å². The molecule has 0 radical (unpaired) electrons. The SMILES string of the molecule is [N-]=[N+]=NC1CC(N=[N+]=[N-])c2cc(C(=O)CC(=O)C(=O)[O-])ccc21. The van der Waals surface area contributed by atoms with E-state index in [1.54, 1.807) is 0 Å². The molecule has 1 aliphatic rings. The molecule has 0 saturated heterocycles. The van der Waals surface area contributed by atoms with Crippen molar-refractivity contribution in [1.29, 1.82) is 0 Å². The van der Waals surface area contributed by atoms with E-state index in [4.69, 9.17) is 11.1 Å². The second-order valence-corrected chi connectivity index (χ2v) is 4.83. The van der Waals surface area contributed by atoms with Gasteiger partial charge >= 0.3 is 0 Å². The van der Waals surface area contributed by atoms with Crippen molar-refractivity contribution in [3.63, 3.8) is 0 Å². The van der Waals surface area contributed by atoms with Gasteiger partial charge in [-0.25, -0.2) is 0 Å². The van der Waals surface area contributed by atoms with Gasteiger partial charge in [-0.15, -0.1) is 0 Å². The molecule has 0 bridgehead atoms. The van der Waals surface area contributed by atoms with Gasteiger partial charge in [0, 0.05) is 15.4 Å². The molecule has 0 aliphatic heterocycles. The Labute approximate surface area is 129 Å². The fraction of sp³-hybridized carbons (Fsp3) is 0.308. The van der Waals surface area contributed by atoms with E-state index in [9.17, 15) is 19.5 Å². The number of fused-ring (bicyclic) bond motifs is 1. The number of azide groups is 2. The molecule has 10 heteroatoms. The van der Waals surface area contributed by atoms with Crippen LogP contribution >= 0.6 is 0 Å². The molecule has 2 rings (SSSR count). The van der Waals surface area contributed by atoms with Gasteiger partial charge in [0.15, 0.2) is 11.6 Å². The third-order valence-corrected chi connectivity index (χ3v) is 3.50. The summed E-state index contributed by atoms with van der Waals surface area (Å²) in [6, 6.07) is 3.25. The molecule has 0 amide bonds. The standard InChI is InChI=1S/C13H10N6O4/c14-18-16-9-4-10(17-19-15)8-3-6(1-2-7(8)9)11(20)5-12(21)13(22)23/h1-3,9-10H,4-5H2,(H,22,23)/p-1. The zero-order valence-corrected chi connectivity index (χ0v) is 11.6. The fourth-order valence-electron chi connectivity index (χ4n) is 2.47. The number of aliphatic carboxylic acids is 1. The van der Waals surface area contributed by atoms with Gasteiger partial charge < -0.3 is 9.90 Å². The molecule has 1 aliphatic carbocycles. The fourth-order valence-corrected chi connectivity index (χ4v) is 2.47. The average molecular weight is 313 g/mol. The molecule has 0 fully saturated rings. The van der Waals surface area contributed by atoms with Crippen LogP contribution in [0.4, 0.5) is 0 Å². The largest absolute Gasteiger partial charge is 0.542 e. The molecule has 1 aromatic carbocycles. The summed E-state index contributed by atoms with van der Waals surface area (Å²) in [7, 11) is 0.